The molecule has 1 aliphatic heterocycles. The molecule has 1 fully saturated rings. The third-order valence-corrected chi connectivity index (χ3v) is 5.65. The van der Waals surface area contributed by atoms with Gasteiger partial charge in [-0.2, -0.15) is 0 Å². The van der Waals surface area contributed by atoms with Crippen LogP contribution >= 0.6 is 0 Å². The number of nitrogens with zero attached hydrogens (tertiary/aromatic N) is 2. The van der Waals surface area contributed by atoms with Crippen LogP contribution in [0.4, 0.5) is 0 Å². The van der Waals surface area contributed by atoms with Gasteiger partial charge in [-0.3, -0.25) is 9.59 Å². The van der Waals surface area contributed by atoms with Gasteiger partial charge in [0.1, 0.15) is 11.3 Å². The number of ketones is 1. The standard InChI is InChI=1S/C25H28N2O3/c1-17(2)13-22(28)20-9-6-12-27(16-20)25(29)19-10-11-23-21(15-19)26-24(30-23)14-18-7-4-3-5-8-18/h3-5,7-8,10-11,15,17,20H,6,9,12-14,16H2,1-2H3/t20-/m1/s1. The van der Waals surface area contributed by atoms with Crippen molar-refractivity contribution in [3.8, 4) is 0 Å². The number of amides is 1. The van der Waals surface area contributed by atoms with Crippen LogP contribution < -0.4 is 0 Å². The molecule has 4 rings (SSSR count). The second-order valence-electron chi connectivity index (χ2n) is 8.61. The van der Waals surface area contributed by atoms with Crippen molar-refractivity contribution in [2.75, 3.05) is 13.1 Å². The highest BCUT2D eigenvalue weighted by Gasteiger charge is 2.29. The fraction of sp³-hybridized carbons (Fsp3) is 0.400. The number of oxazole rings is 1. The van der Waals surface area contributed by atoms with Crippen molar-refractivity contribution in [1.29, 1.82) is 0 Å². The SMILES string of the molecule is CC(C)CC(=O)[C@@H]1CCCN(C(=O)c2ccc3oc(Cc4ccccc4)nc3c2)C1. The van der Waals surface area contributed by atoms with Crippen LogP contribution in [0.2, 0.25) is 0 Å². The van der Waals surface area contributed by atoms with E-state index in [4.69, 9.17) is 4.42 Å². The summed E-state index contributed by atoms with van der Waals surface area (Å²) in [4.78, 5) is 32.0. The Balaban J connectivity index is 1.48. The molecule has 5 nitrogen and oxygen atoms in total. The minimum atomic E-state index is -0.0432. The van der Waals surface area contributed by atoms with Crippen LogP contribution in [0.15, 0.2) is 52.9 Å². The second kappa shape index (κ2) is 8.82. The van der Waals surface area contributed by atoms with Gasteiger partial charge in [-0.1, -0.05) is 44.2 Å². The maximum absolute atomic E-state index is 13.1. The molecule has 0 saturated carbocycles. The Kier molecular flexibility index (Phi) is 5.98. The number of aromatic nitrogens is 1. The van der Waals surface area contributed by atoms with Crippen molar-refractivity contribution in [1.82, 2.24) is 9.88 Å². The summed E-state index contributed by atoms with van der Waals surface area (Å²) in [6.07, 6.45) is 2.94. The van der Waals surface area contributed by atoms with E-state index in [2.05, 4.69) is 18.8 Å². The predicted molar refractivity (Wildman–Crippen MR) is 116 cm³/mol. The Morgan fingerprint density at radius 3 is 2.73 bits per heavy atom. The summed E-state index contributed by atoms with van der Waals surface area (Å²) in [5, 5.41) is 0. The Hall–Kier alpha value is -2.95. The van der Waals surface area contributed by atoms with E-state index in [-0.39, 0.29) is 17.6 Å². The lowest BCUT2D eigenvalue weighted by molar-refractivity contribution is -0.124. The molecule has 3 aromatic rings. The first-order chi connectivity index (χ1) is 14.5. The number of Topliss-reactive ketones (excluding diaryl/α,β-unsaturated/α-hetero) is 1. The van der Waals surface area contributed by atoms with Crippen molar-refractivity contribution in [2.45, 2.75) is 39.5 Å². The topological polar surface area (TPSA) is 63.4 Å². The molecule has 1 amide bonds. The summed E-state index contributed by atoms with van der Waals surface area (Å²) in [5.41, 5.74) is 3.10. The van der Waals surface area contributed by atoms with Crippen molar-refractivity contribution < 1.29 is 14.0 Å². The summed E-state index contributed by atoms with van der Waals surface area (Å²) in [6, 6.07) is 15.5. The van der Waals surface area contributed by atoms with Gasteiger partial charge >= 0.3 is 0 Å². The molecule has 0 radical (unpaired) electrons. The van der Waals surface area contributed by atoms with Crippen LogP contribution in [0.5, 0.6) is 0 Å². The molecule has 1 saturated heterocycles. The average Bonchev–Trinajstić information content (AvgIpc) is 3.15. The number of likely N-dealkylation sites (tertiary alicyclic amines) is 1. The van der Waals surface area contributed by atoms with Crippen molar-refractivity contribution in [2.24, 2.45) is 11.8 Å². The molecular formula is C25H28N2O3. The maximum atomic E-state index is 13.1. The smallest absolute Gasteiger partial charge is 0.253 e. The summed E-state index contributed by atoms with van der Waals surface area (Å²) < 4.78 is 5.86. The van der Waals surface area contributed by atoms with Crippen LogP contribution in [0.1, 0.15) is 54.9 Å². The molecule has 156 valence electrons. The third kappa shape index (κ3) is 4.61. The highest BCUT2D eigenvalue weighted by Crippen LogP contribution is 2.24. The predicted octanol–water partition coefficient (Wildman–Crippen LogP) is 4.89. The molecule has 2 heterocycles. The highest BCUT2D eigenvalue weighted by molar-refractivity contribution is 5.97. The molecule has 0 unspecified atom stereocenters. The van der Waals surface area contributed by atoms with Crippen molar-refractivity contribution in [3.05, 3.63) is 65.5 Å². The van der Waals surface area contributed by atoms with Gasteiger partial charge in [-0.05, 0) is 42.5 Å². The average molecular weight is 405 g/mol. The first-order valence-corrected chi connectivity index (χ1v) is 10.7. The summed E-state index contributed by atoms with van der Waals surface area (Å²) in [5.74, 6) is 1.19. The largest absolute Gasteiger partial charge is 0.440 e. The molecular weight excluding hydrogens is 376 g/mol. The Bertz CT molecular complexity index is 1040. The lowest BCUT2D eigenvalue weighted by Crippen LogP contribution is -2.42. The van der Waals surface area contributed by atoms with E-state index < -0.39 is 0 Å². The van der Waals surface area contributed by atoms with E-state index in [1.165, 1.54) is 0 Å². The Morgan fingerprint density at radius 1 is 1.17 bits per heavy atom. The maximum Gasteiger partial charge on any atom is 0.253 e. The summed E-state index contributed by atoms with van der Waals surface area (Å²) in [7, 11) is 0. The number of carbonyl (C=O) groups is 2. The first kappa shape index (κ1) is 20.3. The quantitative estimate of drug-likeness (QED) is 0.587. The molecule has 0 aliphatic carbocycles. The van der Waals surface area contributed by atoms with E-state index in [9.17, 15) is 9.59 Å². The minimum absolute atomic E-state index is 0.0356. The second-order valence-corrected chi connectivity index (χ2v) is 8.61. The molecule has 1 aromatic heterocycles. The fourth-order valence-electron chi connectivity index (χ4n) is 4.13. The van der Waals surface area contributed by atoms with Gasteiger partial charge in [0.25, 0.3) is 5.91 Å². The van der Waals surface area contributed by atoms with Crippen molar-refractivity contribution in [3.63, 3.8) is 0 Å². The Morgan fingerprint density at radius 2 is 1.97 bits per heavy atom. The highest BCUT2D eigenvalue weighted by atomic mass is 16.3. The van der Waals surface area contributed by atoms with E-state index in [1.54, 1.807) is 12.1 Å². The fourth-order valence-corrected chi connectivity index (χ4v) is 4.13. The van der Waals surface area contributed by atoms with E-state index >= 15 is 0 Å². The lowest BCUT2D eigenvalue weighted by atomic mass is 9.89. The molecule has 5 heteroatoms. The number of rotatable bonds is 6. The zero-order chi connectivity index (χ0) is 21.1. The molecule has 1 aliphatic rings. The van der Waals surface area contributed by atoms with E-state index in [0.717, 1.165) is 18.4 Å². The summed E-state index contributed by atoms with van der Waals surface area (Å²) in [6.45, 7) is 5.33. The summed E-state index contributed by atoms with van der Waals surface area (Å²) >= 11 is 0. The van der Waals surface area contributed by atoms with Crippen LogP contribution in [-0.2, 0) is 11.2 Å². The first-order valence-electron chi connectivity index (χ1n) is 10.7. The molecule has 0 spiro atoms. The van der Waals surface area contributed by atoms with Crippen LogP contribution in [0.3, 0.4) is 0 Å². The molecule has 0 N–H and O–H groups in total. The molecule has 1 atom stereocenters. The van der Waals surface area contributed by atoms with Gasteiger partial charge in [0.2, 0.25) is 0 Å². The van der Waals surface area contributed by atoms with Gasteiger partial charge in [0, 0.05) is 37.4 Å². The minimum Gasteiger partial charge on any atom is -0.440 e. The monoisotopic (exact) mass is 404 g/mol. The number of hydrogen-bond donors (Lipinski definition) is 0. The normalized spacial score (nSPS) is 16.9. The van der Waals surface area contributed by atoms with Crippen LogP contribution in [0, 0.1) is 11.8 Å². The molecule has 2 aromatic carbocycles. The number of benzene rings is 2. The molecule has 30 heavy (non-hydrogen) atoms. The molecule has 0 bridgehead atoms. The van der Waals surface area contributed by atoms with Gasteiger partial charge in [0.15, 0.2) is 11.5 Å². The number of fused-ring (bicyclic) bond motifs is 1. The van der Waals surface area contributed by atoms with E-state index in [0.29, 0.717) is 54.4 Å². The van der Waals surface area contributed by atoms with Gasteiger partial charge in [0.05, 0.1) is 0 Å². The Labute approximate surface area is 177 Å². The van der Waals surface area contributed by atoms with Crippen molar-refractivity contribution >= 4 is 22.8 Å². The number of piperidine rings is 1. The van der Waals surface area contributed by atoms with Gasteiger partial charge in [-0.15, -0.1) is 0 Å². The van der Waals surface area contributed by atoms with Gasteiger partial charge in [-0.25, -0.2) is 4.98 Å². The van der Waals surface area contributed by atoms with Gasteiger partial charge < -0.3 is 9.32 Å². The van der Waals surface area contributed by atoms with Crippen LogP contribution in [-0.4, -0.2) is 34.7 Å². The third-order valence-electron chi connectivity index (χ3n) is 5.65. The zero-order valence-corrected chi connectivity index (χ0v) is 17.6. The number of carbonyl (C=O) groups excluding carboxylic acids is 2. The van der Waals surface area contributed by atoms with Crippen LogP contribution in [0.25, 0.3) is 11.1 Å². The lowest BCUT2D eigenvalue weighted by Gasteiger charge is -2.32. The zero-order valence-electron chi connectivity index (χ0n) is 17.6. The number of hydrogen-bond acceptors (Lipinski definition) is 4. The van der Waals surface area contributed by atoms with E-state index in [1.807, 2.05) is 41.3 Å².